The molecular formula is C18H19ClN2O5S. The first-order valence-electron chi connectivity index (χ1n) is 8.21. The minimum atomic E-state index is -3.66. The van der Waals surface area contributed by atoms with E-state index < -0.39 is 15.9 Å². The zero-order chi connectivity index (χ0) is 19.4. The van der Waals surface area contributed by atoms with E-state index in [1.54, 1.807) is 30.3 Å². The summed E-state index contributed by atoms with van der Waals surface area (Å²) in [6, 6.07) is 13.6. The molecule has 0 saturated heterocycles. The van der Waals surface area contributed by atoms with E-state index in [0.29, 0.717) is 28.8 Å². The van der Waals surface area contributed by atoms with E-state index in [2.05, 4.69) is 5.32 Å². The molecule has 0 radical (unpaired) electrons. The molecule has 0 bridgehead atoms. The van der Waals surface area contributed by atoms with Crippen molar-refractivity contribution in [2.75, 3.05) is 30.3 Å². The Balaban J connectivity index is 1.60. The summed E-state index contributed by atoms with van der Waals surface area (Å²) in [6.45, 7) is 0.130. The Morgan fingerprint density at radius 3 is 2.67 bits per heavy atom. The van der Waals surface area contributed by atoms with Crippen LogP contribution in [0, 0.1) is 0 Å². The molecule has 1 N–H and O–H groups in total. The zero-order valence-electron chi connectivity index (χ0n) is 14.6. The summed E-state index contributed by atoms with van der Waals surface area (Å²) in [5, 5.41) is 3.07. The van der Waals surface area contributed by atoms with Gasteiger partial charge in [-0.05, 0) is 30.3 Å². The lowest BCUT2D eigenvalue weighted by Gasteiger charge is -2.27. The second kappa shape index (κ2) is 8.06. The van der Waals surface area contributed by atoms with Crippen LogP contribution in [0.3, 0.4) is 0 Å². The summed E-state index contributed by atoms with van der Waals surface area (Å²) in [7, 11) is -3.66. The number of halogens is 1. The number of rotatable bonds is 6. The molecule has 1 amide bonds. The van der Waals surface area contributed by atoms with Crippen molar-refractivity contribution in [2.24, 2.45) is 0 Å². The Hall–Kier alpha value is -2.45. The maximum absolute atomic E-state index is 12.3. The Labute approximate surface area is 162 Å². The van der Waals surface area contributed by atoms with Crippen molar-refractivity contribution in [3.05, 3.63) is 53.6 Å². The van der Waals surface area contributed by atoms with Crippen LogP contribution in [-0.4, -0.2) is 46.4 Å². The van der Waals surface area contributed by atoms with E-state index in [4.69, 9.17) is 21.1 Å². The van der Waals surface area contributed by atoms with E-state index in [1.165, 1.54) is 6.07 Å². The van der Waals surface area contributed by atoms with Gasteiger partial charge in [0.15, 0.2) is 11.5 Å². The van der Waals surface area contributed by atoms with Crippen LogP contribution in [-0.2, 0) is 14.8 Å². The predicted octanol–water partition coefficient (Wildman–Crippen LogP) is 2.06. The summed E-state index contributed by atoms with van der Waals surface area (Å²) in [4.78, 5) is 12.3. The molecule has 0 fully saturated rings. The molecule has 0 unspecified atom stereocenters. The van der Waals surface area contributed by atoms with Crippen LogP contribution in [0.5, 0.6) is 11.5 Å². The number of nitrogens with one attached hydrogen (secondary N) is 1. The minimum absolute atomic E-state index is 0.195. The predicted molar refractivity (Wildman–Crippen MR) is 103 cm³/mol. The van der Waals surface area contributed by atoms with E-state index in [9.17, 15) is 13.2 Å². The lowest BCUT2D eigenvalue weighted by atomic mass is 10.2. The number of sulfonamides is 1. The van der Waals surface area contributed by atoms with Gasteiger partial charge in [0.05, 0.1) is 18.5 Å². The van der Waals surface area contributed by atoms with Crippen LogP contribution < -0.4 is 19.1 Å². The number of para-hydroxylation sites is 2. The van der Waals surface area contributed by atoms with Gasteiger partial charge in [-0.2, -0.15) is 0 Å². The number of ether oxygens (including phenoxy) is 2. The van der Waals surface area contributed by atoms with Crippen LogP contribution in [0.25, 0.3) is 0 Å². The lowest BCUT2D eigenvalue weighted by Crippen LogP contribution is -2.45. The monoisotopic (exact) mass is 410 g/mol. The van der Waals surface area contributed by atoms with Gasteiger partial charge in [0.25, 0.3) is 0 Å². The number of carbonyl (C=O) groups excluding carboxylic acids is 1. The van der Waals surface area contributed by atoms with Gasteiger partial charge in [-0.3, -0.25) is 9.10 Å². The zero-order valence-corrected chi connectivity index (χ0v) is 16.2. The minimum Gasteiger partial charge on any atom is -0.486 e. The molecule has 2 aromatic carbocycles. The Bertz CT molecular complexity index is 935. The molecule has 0 aliphatic carbocycles. The van der Waals surface area contributed by atoms with Crippen molar-refractivity contribution in [1.82, 2.24) is 5.32 Å². The van der Waals surface area contributed by atoms with Gasteiger partial charge in [0.2, 0.25) is 15.9 Å². The molecule has 7 nitrogen and oxygen atoms in total. The van der Waals surface area contributed by atoms with Crippen molar-refractivity contribution in [3.63, 3.8) is 0 Å². The van der Waals surface area contributed by atoms with Gasteiger partial charge in [0, 0.05) is 5.02 Å². The third-order valence-electron chi connectivity index (χ3n) is 3.88. The Morgan fingerprint density at radius 2 is 1.96 bits per heavy atom. The third-order valence-corrected chi connectivity index (χ3v) is 5.25. The fraction of sp³-hybridized carbons (Fsp3) is 0.278. The number of hydrogen-bond donors (Lipinski definition) is 1. The van der Waals surface area contributed by atoms with E-state index in [-0.39, 0.29) is 19.2 Å². The largest absolute Gasteiger partial charge is 0.486 e. The molecule has 27 heavy (non-hydrogen) atoms. The average Bonchev–Trinajstić information content (AvgIpc) is 2.63. The molecule has 0 aromatic heterocycles. The van der Waals surface area contributed by atoms with Crippen LogP contribution in [0.1, 0.15) is 0 Å². The van der Waals surface area contributed by atoms with Gasteiger partial charge < -0.3 is 14.8 Å². The maximum Gasteiger partial charge on any atom is 0.240 e. The number of carbonyl (C=O) groups is 1. The molecule has 1 aliphatic rings. The number of fused-ring (bicyclic) bond motifs is 1. The highest BCUT2D eigenvalue weighted by Gasteiger charge is 2.24. The molecule has 1 heterocycles. The van der Waals surface area contributed by atoms with Gasteiger partial charge in [-0.15, -0.1) is 0 Å². The number of amides is 1. The van der Waals surface area contributed by atoms with Crippen molar-refractivity contribution in [1.29, 1.82) is 0 Å². The molecular weight excluding hydrogens is 392 g/mol. The first-order valence-corrected chi connectivity index (χ1v) is 10.4. The van der Waals surface area contributed by atoms with Crippen molar-refractivity contribution in [3.8, 4) is 11.5 Å². The summed E-state index contributed by atoms with van der Waals surface area (Å²) in [5.41, 5.74) is 0.325. The number of benzene rings is 2. The fourth-order valence-electron chi connectivity index (χ4n) is 2.61. The van der Waals surface area contributed by atoms with Gasteiger partial charge >= 0.3 is 0 Å². The highest BCUT2D eigenvalue weighted by molar-refractivity contribution is 7.92. The molecule has 9 heteroatoms. The van der Waals surface area contributed by atoms with Gasteiger partial charge in [-0.1, -0.05) is 29.8 Å². The molecule has 144 valence electrons. The molecule has 3 rings (SSSR count). The SMILES string of the molecule is CS(=O)(=O)N(CC(=O)NC[C@H]1COc2ccccc2O1)c1cccc(Cl)c1. The van der Waals surface area contributed by atoms with Gasteiger partial charge in [-0.25, -0.2) is 8.42 Å². The number of hydrogen-bond acceptors (Lipinski definition) is 5. The van der Waals surface area contributed by atoms with Crippen molar-refractivity contribution < 1.29 is 22.7 Å². The van der Waals surface area contributed by atoms with Crippen molar-refractivity contribution >= 4 is 33.2 Å². The van der Waals surface area contributed by atoms with Gasteiger partial charge in [0.1, 0.15) is 19.3 Å². The van der Waals surface area contributed by atoms with Crippen LogP contribution in [0.15, 0.2) is 48.5 Å². The first kappa shape index (κ1) is 19.3. The highest BCUT2D eigenvalue weighted by atomic mass is 35.5. The van der Waals surface area contributed by atoms with Crippen molar-refractivity contribution in [2.45, 2.75) is 6.10 Å². The topological polar surface area (TPSA) is 84.9 Å². The standard InChI is InChI=1S/C18H19ClN2O5S/c1-27(23,24)21(14-6-4-5-13(19)9-14)11-18(22)20-10-15-12-25-16-7-2-3-8-17(16)26-15/h2-9,15H,10-12H2,1H3,(H,20,22)/t15-/m0/s1. The average molecular weight is 411 g/mol. The normalized spacial score (nSPS) is 15.9. The number of nitrogens with zero attached hydrogens (tertiary/aromatic N) is 1. The molecule has 0 spiro atoms. The second-order valence-electron chi connectivity index (χ2n) is 6.05. The first-order chi connectivity index (χ1) is 12.8. The quantitative estimate of drug-likeness (QED) is 0.787. The fourth-order valence-corrected chi connectivity index (χ4v) is 3.64. The molecule has 2 aromatic rings. The Kier molecular flexibility index (Phi) is 5.76. The highest BCUT2D eigenvalue weighted by Crippen LogP contribution is 2.30. The second-order valence-corrected chi connectivity index (χ2v) is 8.39. The lowest BCUT2D eigenvalue weighted by molar-refractivity contribution is -0.120. The van der Waals surface area contributed by atoms with Crippen LogP contribution in [0.2, 0.25) is 5.02 Å². The summed E-state index contributed by atoms with van der Waals surface area (Å²) < 4.78 is 36.5. The van der Waals surface area contributed by atoms with E-state index in [0.717, 1.165) is 10.6 Å². The molecule has 1 aliphatic heterocycles. The van der Waals surface area contributed by atoms with Crippen LogP contribution in [0.4, 0.5) is 5.69 Å². The van der Waals surface area contributed by atoms with Crippen LogP contribution >= 0.6 is 11.6 Å². The maximum atomic E-state index is 12.3. The number of anilines is 1. The summed E-state index contributed by atoms with van der Waals surface area (Å²) in [5.74, 6) is 0.812. The molecule has 0 saturated carbocycles. The molecule has 1 atom stereocenters. The Morgan fingerprint density at radius 1 is 1.22 bits per heavy atom. The van der Waals surface area contributed by atoms with E-state index >= 15 is 0 Å². The third kappa shape index (κ3) is 5.05. The smallest absolute Gasteiger partial charge is 0.240 e. The summed E-state index contributed by atoms with van der Waals surface area (Å²) >= 11 is 5.93. The summed E-state index contributed by atoms with van der Waals surface area (Å²) in [6.07, 6.45) is 0.678. The van der Waals surface area contributed by atoms with E-state index in [1.807, 2.05) is 12.1 Å².